The van der Waals surface area contributed by atoms with Crippen molar-refractivity contribution in [3.05, 3.63) is 12.2 Å². The zero-order valence-corrected chi connectivity index (χ0v) is 8.53. The molecule has 0 heterocycles. The normalized spacial score (nSPS) is 10.5. The summed E-state index contributed by atoms with van der Waals surface area (Å²) in [5.74, 6) is -3.96. The Bertz CT molecular complexity index is 288. The Balaban J connectivity index is 5.26. The average molecular weight is 215 g/mol. The van der Waals surface area contributed by atoms with Gasteiger partial charge in [-0.25, -0.2) is 9.59 Å². The molecule has 6 heteroatoms. The topological polar surface area (TPSA) is 104 Å². The smallest absolute Gasteiger partial charge is 0.341 e. The number of carbonyl (C=O) groups excluding carboxylic acids is 1. The van der Waals surface area contributed by atoms with Gasteiger partial charge in [0.1, 0.15) is 0 Å². The molecule has 0 radical (unpaired) electrons. The fourth-order valence-corrected chi connectivity index (χ4v) is 1.15. The fraction of sp³-hybridized carbons (Fsp3) is 0.444. The third kappa shape index (κ3) is 3.08. The van der Waals surface area contributed by atoms with Crippen molar-refractivity contribution >= 4 is 17.8 Å². The zero-order valence-electron chi connectivity index (χ0n) is 8.53. The molecule has 6 nitrogen and oxygen atoms in total. The van der Waals surface area contributed by atoms with E-state index in [2.05, 4.69) is 6.58 Å². The van der Waals surface area contributed by atoms with Crippen LogP contribution in [0.3, 0.4) is 0 Å². The van der Waals surface area contributed by atoms with Crippen LogP contribution in [0, 0.1) is 0 Å². The maximum Gasteiger partial charge on any atom is 0.341 e. The molecular weight excluding hydrogens is 202 g/mol. The summed E-state index contributed by atoms with van der Waals surface area (Å²) in [5.41, 5.74) is -1.97. The van der Waals surface area contributed by atoms with Crippen molar-refractivity contribution in [1.29, 1.82) is 0 Å². The van der Waals surface area contributed by atoms with Crippen LogP contribution in [-0.4, -0.2) is 33.6 Å². The summed E-state index contributed by atoms with van der Waals surface area (Å²) in [5, 5.41) is 19.6. The molecule has 0 rings (SSSR count). The Morgan fingerprint density at radius 1 is 1.20 bits per heavy atom. The van der Waals surface area contributed by atoms with Crippen molar-refractivity contribution < 1.29 is 24.6 Å². The molecule has 0 unspecified atom stereocenters. The molecule has 0 atom stereocenters. The summed E-state index contributed by atoms with van der Waals surface area (Å²) < 4.78 is 0. The van der Waals surface area contributed by atoms with E-state index in [4.69, 9.17) is 10.2 Å². The Morgan fingerprint density at radius 3 is 1.80 bits per heavy atom. The molecule has 0 aliphatic rings. The zero-order chi connectivity index (χ0) is 12.2. The van der Waals surface area contributed by atoms with Crippen LogP contribution in [0.5, 0.6) is 0 Å². The van der Waals surface area contributed by atoms with E-state index in [0.29, 0.717) is 5.57 Å². The number of hydrogen-bond acceptors (Lipinski definition) is 3. The van der Waals surface area contributed by atoms with Gasteiger partial charge >= 0.3 is 11.9 Å². The first-order valence-corrected chi connectivity index (χ1v) is 4.12. The maximum absolute atomic E-state index is 10.9. The predicted octanol–water partition coefficient (Wildman–Crippen LogP) is -0.00330. The van der Waals surface area contributed by atoms with Crippen LogP contribution in [0.1, 0.15) is 20.3 Å². The standard InChI is InChI=1S/C9H13NO5/c1-5(2)4-9(7(12)13,8(14)15)10-6(3)11/h1,4H2,2-3H3,(H,10,11)(H,12,13)(H,14,15). The highest BCUT2D eigenvalue weighted by molar-refractivity contribution is 6.06. The summed E-state index contributed by atoms with van der Waals surface area (Å²) in [6.07, 6.45) is -0.350. The van der Waals surface area contributed by atoms with E-state index >= 15 is 0 Å². The largest absolute Gasteiger partial charge is 0.479 e. The van der Waals surface area contributed by atoms with E-state index in [-0.39, 0.29) is 6.42 Å². The molecule has 15 heavy (non-hydrogen) atoms. The van der Waals surface area contributed by atoms with Crippen LogP contribution in [-0.2, 0) is 14.4 Å². The van der Waals surface area contributed by atoms with Gasteiger partial charge in [-0.05, 0) is 6.92 Å². The molecule has 1 amide bonds. The molecule has 0 aromatic carbocycles. The van der Waals surface area contributed by atoms with Gasteiger partial charge in [-0.3, -0.25) is 4.79 Å². The number of carbonyl (C=O) groups is 3. The van der Waals surface area contributed by atoms with Gasteiger partial charge in [0.05, 0.1) is 0 Å². The second-order valence-corrected chi connectivity index (χ2v) is 3.33. The molecule has 0 aromatic rings. The summed E-state index contributed by atoms with van der Waals surface area (Å²) >= 11 is 0. The van der Waals surface area contributed by atoms with Crippen molar-refractivity contribution in [3.63, 3.8) is 0 Å². The highest BCUT2D eigenvalue weighted by Gasteiger charge is 2.47. The van der Waals surface area contributed by atoms with Crippen molar-refractivity contribution in [3.8, 4) is 0 Å². The number of amides is 1. The van der Waals surface area contributed by atoms with E-state index in [1.54, 1.807) is 0 Å². The van der Waals surface area contributed by atoms with Crippen LogP contribution in [0.4, 0.5) is 0 Å². The quantitative estimate of drug-likeness (QED) is 0.442. The van der Waals surface area contributed by atoms with Gasteiger partial charge in [0.15, 0.2) is 0 Å². The lowest BCUT2D eigenvalue weighted by atomic mass is 9.91. The monoisotopic (exact) mass is 215 g/mol. The van der Waals surface area contributed by atoms with Gasteiger partial charge < -0.3 is 15.5 Å². The predicted molar refractivity (Wildman–Crippen MR) is 51.3 cm³/mol. The van der Waals surface area contributed by atoms with E-state index in [1.165, 1.54) is 6.92 Å². The number of carboxylic acids is 2. The number of rotatable bonds is 5. The lowest BCUT2D eigenvalue weighted by Gasteiger charge is -2.25. The van der Waals surface area contributed by atoms with E-state index in [1.807, 2.05) is 5.32 Å². The summed E-state index contributed by atoms with van der Waals surface area (Å²) in [6.45, 7) is 5.98. The van der Waals surface area contributed by atoms with Gasteiger partial charge in [-0.2, -0.15) is 0 Å². The molecule has 0 bridgehead atoms. The van der Waals surface area contributed by atoms with Crippen molar-refractivity contribution in [2.24, 2.45) is 0 Å². The highest BCUT2D eigenvalue weighted by atomic mass is 16.4. The minimum atomic E-state index is -2.32. The minimum Gasteiger partial charge on any atom is -0.479 e. The molecule has 0 saturated heterocycles. The van der Waals surface area contributed by atoms with Crippen molar-refractivity contribution in [2.45, 2.75) is 25.8 Å². The molecule has 0 aliphatic heterocycles. The lowest BCUT2D eigenvalue weighted by Crippen LogP contribution is -2.59. The lowest BCUT2D eigenvalue weighted by molar-refractivity contribution is -0.161. The molecule has 84 valence electrons. The first-order valence-electron chi connectivity index (χ1n) is 4.12. The fourth-order valence-electron chi connectivity index (χ4n) is 1.15. The highest BCUT2D eigenvalue weighted by Crippen LogP contribution is 2.16. The van der Waals surface area contributed by atoms with Gasteiger partial charge in [-0.15, -0.1) is 6.58 Å². The van der Waals surface area contributed by atoms with Crippen molar-refractivity contribution in [2.75, 3.05) is 0 Å². The maximum atomic E-state index is 10.9. The summed E-state index contributed by atoms with van der Waals surface area (Å²) in [4.78, 5) is 32.6. The molecule has 0 aromatic heterocycles. The molecule has 3 N–H and O–H groups in total. The Morgan fingerprint density at radius 2 is 1.60 bits per heavy atom. The van der Waals surface area contributed by atoms with E-state index < -0.39 is 23.4 Å². The first-order chi connectivity index (χ1) is 6.72. The molecule has 0 fully saturated rings. The second-order valence-electron chi connectivity index (χ2n) is 3.33. The van der Waals surface area contributed by atoms with Gasteiger partial charge in [-0.1, -0.05) is 5.57 Å². The number of nitrogens with one attached hydrogen (secondary N) is 1. The van der Waals surface area contributed by atoms with E-state index in [0.717, 1.165) is 6.92 Å². The van der Waals surface area contributed by atoms with E-state index in [9.17, 15) is 14.4 Å². The Labute approximate surface area is 86.6 Å². The SMILES string of the molecule is C=C(C)CC(NC(C)=O)(C(=O)O)C(=O)O. The number of hydrogen-bond donors (Lipinski definition) is 3. The van der Waals surface area contributed by atoms with Gasteiger partial charge in [0.2, 0.25) is 11.4 Å². The van der Waals surface area contributed by atoms with Gasteiger partial charge in [0, 0.05) is 13.3 Å². The second kappa shape index (κ2) is 4.59. The van der Waals surface area contributed by atoms with Crippen LogP contribution in [0.25, 0.3) is 0 Å². The van der Waals surface area contributed by atoms with Crippen molar-refractivity contribution in [1.82, 2.24) is 5.32 Å². The first kappa shape index (κ1) is 13.2. The molecular formula is C9H13NO5. The number of aliphatic carboxylic acids is 2. The minimum absolute atomic E-state index is 0.350. The Hall–Kier alpha value is -1.85. The summed E-state index contributed by atoms with van der Waals surface area (Å²) in [7, 11) is 0. The molecule has 0 saturated carbocycles. The third-order valence-corrected chi connectivity index (χ3v) is 1.69. The Kier molecular flexibility index (Phi) is 4.02. The molecule has 0 spiro atoms. The van der Waals surface area contributed by atoms with Crippen LogP contribution < -0.4 is 5.32 Å². The summed E-state index contributed by atoms with van der Waals surface area (Å²) in [6, 6.07) is 0. The average Bonchev–Trinajstić information content (AvgIpc) is 1.99. The van der Waals surface area contributed by atoms with Gasteiger partial charge in [0.25, 0.3) is 0 Å². The third-order valence-electron chi connectivity index (χ3n) is 1.69. The molecule has 0 aliphatic carbocycles. The van der Waals surface area contributed by atoms with Crippen LogP contribution in [0.15, 0.2) is 12.2 Å². The van der Waals surface area contributed by atoms with Crippen LogP contribution >= 0.6 is 0 Å². The number of carboxylic acid groups (broad SMARTS) is 2. The van der Waals surface area contributed by atoms with Crippen LogP contribution in [0.2, 0.25) is 0 Å².